The number of carbonyl (C=O) groups excluding carboxylic acids is 4. The number of Topliss-reactive ketones (excluding diaryl/α,β-unsaturated/α-hetero) is 1. The summed E-state index contributed by atoms with van der Waals surface area (Å²) in [5.41, 5.74) is 0.674. The van der Waals surface area contributed by atoms with Crippen LogP contribution >= 0.6 is 11.6 Å². The maximum Gasteiger partial charge on any atom is 0.338 e. The molecule has 0 fully saturated rings. The molecule has 0 spiro atoms. The molecule has 0 saturated heterocycles. The molecule has 1 aliphatic rings. The third kappa shape index (κ3) is 3.75. The Hall–Kier alpha value is -3.71. The summed E-state index contributed by atoms with van der Waals surface area (Å²) in [7, 11) is 0. The van der Waals surface area contributed by atoms with E-state index >= 15 is 0 Å². The fraction of sp³-hybridized carbons (Fsp3) is 0.0909. The number of nitrogens with zero attached hydrogens (tertiary/aromatic N) is 1. The lowest BCUT2D eigenvalue weighted by atomic mass is 10.1. The highest BCUT2D eigenvalue weighted by atomic mass is 35.5. The number of esters is 1. The van der Waals surface area contributed by atoms with E-state index in [9.17, 15) is 19.2 Å². The van der Waals surface area contributed by atoms with E-state index in [1.165, 1.54) is 30.5 Å². The van der Waals surface area contributed by atoms with Crippen molar-refractivity contribution in [3.63, 3.8) is 0 Å². The lowest BCUT2D eigenvalue weighted by Gasteiger charge is -2.11. The van der Waals surface area contributed by atoms with E-state index < -0.39 is 30.2 Å². The highest BCUT2D eigenvalue weighted by Crippen LogP contribution is 2.26. The third-order valence-corrected chi connectivity index (χ3v) is 4.82. The molecule has 0 N–H and O–H groups in total. The second-order valence-corrected chi connectivity index (χ2v) is 6.98. The molecular weight excluding hydrogens is 410 g/mol. The van der Waals surface area contributed by atoms with Gasteiger partial charge in [-0.3, -0.25) is 19.3 Å². The van der Waals surface area contributed by atoms with Crippen LogP contribution in [-0.2, 0) is 11.3 Å². The maximum atomic E-state index is 12.6. The normalized spacial score (nSPS) is 12.8. The first kappa shape index (κ1) is 19.6. The van der Waals surface area contributed by atoms with Crippen molar-refractivity contribution in [2.75, 3.05) is 6.61 Å². The van der Waals surface area contributed by atoms with Crippen molar-refractivity contribution in [2.45, 2.75) is 6.54 Å². The molecule has 1 aliphatic heterocycles. The number of fused-ring (bicyclic) bond motifs is 1. The van der Waals surface area contributed by atoms with Crippen LogP contribution in [0, 0.1) is 0 Å². The standard InChI is InChI=1S/C22H14ClNO6/c23-15-4-1-3-13(9-15)19(25)12-30-22(28)14-6-7-17-18(10-14)21(27)24(20(17)26)11-16-5-2-8-29-16/h1-10H,11-12H2. The first-order valence-corrected chi connectivity index (χ1v) is 9.30. The fourth-order valence-corrected chi connectivity index (χ4v) is 3.27. The molecule has 4 rings (SSSR count). The zero-order valence-corrected chi connectivity index (χ0v) is 16.2. The van der Waals surface area contributed by atoms with Crippen molar-refractivity contribution in [2.24, 2.45) is 0 Å². The Morgan fingerprint density at radius 1 is 0.933 bits per heavy atom. The molecule has 2 heterocycles. The number of halogens is 1. The Labute approximate surface area is 175 Å². The van der Waals surface area contributed by atoms with Gasteiger partial charge in [0.05, 0.1) is 29.5 Å². The van der Waals surface area contributed by atoms with Crippen LogP contribution in [0.15, 0.2) is 65.3 Å². The maximum absolute atomic E-state index is 12.6. The Kier molecular flexibility index (Phi) is 5.20. The van der Waals surface area contributed by atoms with Crippen LogP contribution in [0.2, 0.25) is 5.02 Å². The number of rotatable bonds is 6. The molecule has 150 valence electrons. The highest BCUT2D eigenvalue weighted by Gasteiger charge is 2.36. The van der Waals surface area contributed by atoms with Gasteiger partial charge in [0.15, 0.2) is 12.4 Å². The summed E-state index contributed by atoms with van der Waals surface area (Å²) >= 11 is 5.85. The molecule has 0 radical (unpaired) electrons. The van der Waals surface area contributed by atoms with Gasteiger partial charge in [-0.25, -0.2) is 4.79 Å². The first-order valence-electron chi connectivity index (χ1n) is 8.92. The highest BCUT2D eigenvalue weighted by molar-refractivity contribution is 6.31. The fourth-order valence-electron chi connectivity index (χ4n) is 3.08. The minimum absolute atomic E-state index is 0.00668. The second-order valence-electron chi connectivity index (χ2n) is 6.55. The van der Waals surface area contributed by atoms with Gasteiger partial charge in [0, 0.05) is 10.6 Å². The minimum atomic E-state index is -0.780. The lowest BCUT2D eigenvalue weighted by Crippen LogP contribution is -2.28. The van der Waals surface area contributed by atoms with E-state index in [1.54, 1.807) is 30.3 Å². The van der Waals surface area contributed by atoms with Gasteiger partial charge in [-0.05, 0) is 42.5 Å². The smallest absolute Gasteiger partial charge is 0.338 e. The molecule has 1 aromatic heterocycles. The van der Waals surface area contributed by atoms with Crippen molar-refractivity contribution >= 4 is 35.2 Å². The molecule has 0 bridgehead atoms. The number of benzene rings is 2. The van der Waals surface area contributed by atoms with Gasteiger partial charge in [0.2, 0.25) is 0 Å². The van der Waals surface area contributed by atoms with Crippen LogP contribution in [0.1, 0.15) is 47.2 Å². The topological polar surface area (TPSA) is 93.9 Å². The third-order valence-electron chi connectivity index (χ3n) is 4.58. The molecular formula is C22H14ClNO6. The molecule has 0 aliphatic carbocycles. The van der Waals surface area contributed by atoms with Crippen LogP contribution in [0.25, 0.3) is 0 Å². The van der Waals surface area contributed by atoms with Crippen LogP contribution in [0.3, 0.4) is 0 Å². The SMILES string of the molecule is O=C(COC(=O)c1ccc2c(c1)C(=O)N(Cc1ccco1)C2=O)c1cccc(Cl)c1. The molecule has 0 unspecified atom stereocenters. The number of imide groups is 1. The number of amides is 2. The summed E-state index contributed by atoms with van der Waals surface area (Å²) in [4.78, 5) is 50.7. The first-order chi connectivity index (χ1) is 14.4. The zero-order chi connectivity index (χ0) is 21.3. The Balaban J connectivity index is 1.46. The molecule has 3 aromatic rings. The number of furan rings is 1. The summed E-state index contributed by atoms with van der Waals surface area (Å²) in [6.07, 6.45) is 1.45. The largest absolute Gasteiger partial charge is 0.467 e. The monoisotopic (exact) mass is 423 g/mol. The predicted octanol–water partition coefficient (Wildman–Crippen LogP) is 3.77. The Morgan fingerprint density at radius 3 is 2.47 bits per heavy atom. The van der Waals surface area contributed by atoms with Crippen LogP contribution < -0.4 is 0 Å². The minimum Gasteiger partial charge on any atom is -0.467 e. The molecule has 2 amide bonds. The average Bonchev–Trinajstić information content (AvgIpc) is 3.34. The van der Waals surface area contributed by atoms with E-state index in [1.807, 2.05) is 0 Å². The molecule has 7 nitrogen and oxygen atoms in total. The van der Waals surface area contributed by atoms with Gasteiger partial charge < -0.3 is 9.15 Å². The van der Waals surface area contributed by atoms with E-state index in [4.69, 9.17) is 20.8 Å². The summed E-state index contributed by atoms with van der Waals surface area (Å²) in [6.45, 7) is -0.485. The molecule has 30 heavy (non-hydrogen) atoms. The van der Waals surface area contributed by atoms with Crippen LogP contribution in [0.5, 0.6) is 0 Å². The quantitative estimate of drug-likeness (QED) is 0.340. The van der Waals surface area contributed by atoms with Crippen LogP contribution in [0.4, 0.5) is 0 Å². The second kappa shape index (κ2) is 7.96. The number of ketones is 1. The van der Waals surface area contributed by atoms with Gasteiger partial charge in [-0.2, -0.15) is 0 Å². The van der Waals surface area contributed by atoms with Crippen molar-refractivity contribution in [1.82, 2.24) is 4.90 Å². The summed E-state index contributed by atoms with van der Waals surface area (Å²) in [6, 6.07) is 13.7. The number of ether oxygens (including phenoxy) is 1. The van der Waals surface area contributed by atoms with Gasteiger partial charge in [-0.1, -0.05) is 23.7 Å². The number of hydrogen-bond acceptors (Lipinski definition) is 6. The molecule has 8 heteroatoms. The summed E-state index contributed by atoms with van der Waals surface area (Å²) in [5.74, 6) is -1.73. The summed E-state index contributed by atoms with van der Waals surface area (Å²) in [5, 5.41) is 0.396. The van der Waals surface area contributed by atoms with E-state index in [2.05, 4.69) is 0 Å². The van der Waals surface area contributed by atoms with Gasteiger partial charge in [0.25, 0.3) is 11.8 Å². The van der Waals surface area contributed by atoms with Crippen molar-refractivity contribution in [3.05, 3.63) is 93.9 Å². The lowest BCUT2D eigenvalue weighted by molar-refractivity contribution is 0.0474. The Bertz CT molecular complexity index is 1170. The summed E-state index contributed by atoms with van der Waals surface area (Å²) < 4.78 is 10.3. The zero-order valence-electron chi connectivity index (χ0n) is 15.5. The average molecular weight is 424 g/mol. The number of hydrogen-bond donors (Lipinski definition) is 0. The number of carbonyl (C=O) groups is 4. The van der Waals surface area contributed by atoms with E-state index in [0.717, 1.165) is 4.90 Å². The van der Waals surface area contributed by atoms with Crippen molar-refractivity contribution in [1.29, 1.82) is 0 Å². The van der Waals surface area contributed by atoms with Crippen molar-refractivity contribution in [3.8, 4) is 0 Å². The Morgan fingerprint density at radius 2 is 1.73 bits per heavy atom. The van der Waals surface area contributed by atoms with E-state index in [-0.39, 0.29) is 23.2 Å². The van der Waals surface area contributed by atoms with Gasteiger partial charge in [0.1, 0.15) is 5.76 Å². The van der Waals surface area contributed by atoms with Crippen molar-refractivity contribution < 1.29 is 28.3 Å². The molecule has 0 saturated carbocycles. The van der Waals surface area contributed by atoms with Gasteiger partial charge >= 0.3 is 5.97 Å². The molecule has 0 atom stereocenters. The van der Waals surface area contributed by atoms with Gasteiger partial charge in [-0.15, -0.1) is 0 Å². The van der Waals surface area contributed by atoms with Crippen LogP contribution in [-0.4, -0.2) is 35.1 Å². The molecule has 2 aromatic carbocycles. The van der Waals surface area contributed by atoms with E-state index in [0.29, 0.717) is 16.3 Å². The predicted molar refractivity (Wildman–Crippen MR) is 105 cm³/mol.